The standard InChI is InChI=1S/C23H22Cl2N2O5/c1-14-20(13-21(28)29-4)23(27(3)26-14)32-19-11-9-18(10-12-19)31-17-7-5-16(6-8-17)30-15(2)22(24)25/h5-12H,13H2,1-4H3. The number of benzene rings is 2. The number of allylic oxidation sites excluding steroid dienone is 1. The summed E-state index contributed by atoms with van der Waals surface area (Å²) in [5.74, 6) is 2.97. The summed E-state index contributed by atoms with van der Waals surface area (Å²) in [7, 11) is 3.10. The molecule has 0 aliphatic rings. The van der Waals surface area contributed by atoms with Crippen LogP contribution < -0.4 is 14.2 Å². The van der Waals surface area contributed by atoms with Crippen molar-refractivity contribution >= 4 is 29.2 Å². The zero-order valence-electron chi connectivity index (χ0n) is 18.0. The zero-order valence-corrected chi connectivity index (χ0v) is 19.5. The van der Waals surface area contributed by atoms with Crippen LogP contribution in [0.5, 0.6) is 28.9 Å². The minimum absolute atomic E-state index is 0.0753. The minimum Gasteiger partial charge on any atom is -0.469 e. The van der Waals surface area contributed by atoms with E-state index in [0.717, 1.165) is 0 Å². The molecular weight excluding hydrogens is 455 g/mol. The molecule has 0 amide bonds. The maximum atomic E-state index is 11.7. The Morgan fingerprint density at radius 2 is 1.44 bits per heavy atom. The number of esters is 1. The number of ether oxygens (including phenoxy) is 4. The van der Waals surface area contributed by atoms with Gasteiger partial charge in [0.2, 0.25) is 5.88 Å². The van der Waals surface area contributed by atoms with Gasteiger partial charge in [0, 0.05) is 12.6 Å². The monoisotopic (exact) mass is 476 g/mol. The van der Waals surface area contributed by atoms with E-state index in [1.807, 2.05) is 6.92 Å². The highest BCUT2D eigenvalue weighted by molar-refractivity contribution is 6.56. The quantitative estimate of drug-likeness (QED) is 0.290. The fourth-order valence-electron chi connectivity index (χ4n) is 2.84. The molecule has 0 saturated heterocycles. The average Bonchev–Trinajstić information content (AvgIpc) is 3.03. The molecule has 2 aromatic carbocycles. The SMILES string of the molecule is COC(=O)Cc1c(C)nn(C)c1Oc1ccc(Oc2ccc(OC(C)=C(Cl)Cl)cc2)cc1. The number of aromatic nitrogens is 2. The van der Waals surface area contributed by atoms with E-state index in [4.69, 9.17) is 42.1 Å². The van der Waals surface area contributed by atoms with Crippen molar-refractivity contribution < 1.29 is 23.7 Å². The number of rotatable bonds is 8. The van der Waals surface area contributed by atoms with E-state index < -0.39 is 0 Å². The molecule has 0 N–H and O–H groups in total. The Hall–Kier alpha value is -3.16. The van der Waals surface area contributed by atoms with E-state index in [-0.39, 0.29) is 16.9 Å². The maximum absolute atomic E-state index is 11.7. The lowest BCUT2D eigenvalue weighted by Crippen LogP contribution is -2.06. The van der Waals surface area contributed by atoms with Gasteiger partial charge in [-0.3, -0.25) is 4.79 Å². The van der Waals surface area contributed by atoms with Crippen LogP contribution in [-0.4, -0.2) is 22.9 Å². The van der Waals surface area contributed by atoms with E-state index in [1.54, 1.807) is 67.2 Å². The third kappa shape index (κ3) is 5.96. The lowest BCUT2D eigenvalue weighted by Gasteiger charge is -2.11. The van der Waals surface area contributed by atoms with Crippen molar-refractivity contribution in [2.45, 2.75) is 20.3 Å². The Balaban J connectivity index is 1.67. The van der Waals surface area contributed by atoms with Gasteiger partial charge in [0.05, 0.1) is 19.2 Å². The van der Waals surface area contributed by atoms with Crippen molar-refractivity contribution in [1.82, 2.24) is 9.78 Å². The molecule has 0 aliphatic carbocycles. The van der Waals surface area contributed by atoms with Gasteiger partial charge in [0.1, 0.15) is 33.2 Å². The van der Waals surface area contributed by atoms with Gasteiger partial charge in [-0.2, -0.15) is 5.10 Å². The summed E-state index contributed by atoms with van der Waals surface area (Å²) in [6.45, 7) is 3.49. The Morgan fingerprint density at radius 1 is 0.938 bits per heavy atom. The fourth-order valence-corrected chi connectivity index (χ4v) is 2.92. The molecule has 168 valence electrons. The van der Waals surface area contributed by atoms with E-state index in [9.17, 15) is 4.79 Å². The van der Waals surface area contributed by atoms with Crippen molar-refractivity contribution in [2.24, 2.45) is 7.05 Å². The Bertz CT molecular complexity index is 1120. The molecule has 1 heterocycles. The molecule has 0 atom stereocenters. The van der Waals surface area contributed by atoms with Crippen LogP contribution in [0, 0.1) is 6.92 Å². The van der Waals surface area contributed by atoms with Crippen LogP contribution in [0.1, 0.15) is 18.2 Å². The summed E-state index contributed by atoms with van der Waals surface area (Å²) >= 11 is 11.4. The molecule has 0 saturated carbocycles. The zero-order chi connectivity index (χ0) is 23.3. The smallest absolute Gasteiger partial charge is 0.310 e. The summed E-state index contributed by atoms with van der Waals surface area (Å²) in [6, 6.07) is 14.1. The Morgan fingerprint density at radius 3 is 1.94 bits per heavy atom. The van der Waals surface area contributed by atoms with Gasteiger partial charge in [0.15, 0.2) is 0 Å². The van der Waals surface area contributed by atoms with Gasteiger partial charge in [-0.25, -0.2) is 4.68 Å². The third-order valence-electron chi connectivity index (χ3n) is 4.47. The maximum Gasteiger partial charge on any atom is 0.310 e. The van der Waals surface area contributed by atoms with Gasteiger partial charge in [0.25, 0.3) is 0 Å². The Labute approximate surface area is 196 Å². The third-order valence-corrected chi connectivity index (χ3v) is 5.00. The first-order chi connectivity index (χ1) is 15.3. The number of methoxy groups -OCH3 is 1. The molecule has 0 fully saturated rings. The number of hydrogen-bond donors (Lipinski definition) is 0. The lowest BCUT2D eigenvalue weighted by atomic mass is 10.2. The molecule has 32 heavy (non-hydrogen) atoms. The number of carbonyl (C=O) groups is 1. The molecule has 0 bridgehead atoms. The average molecular weight is 477 g/mol. The fraction of sp³-hybridized carbons (Fsp3) is 0.217. The Kier molecular flexibility index (Phi) is 7.66. The predicted octanol–water partition coefficient (Wildman–Crippen LogP) is 6.07. The summed E-state index contributed by atoms with van der Waals surface area (Å²) in [5, 5.41) is 4.33. The molecule has 7 nitrogen and oxygen atoms in total. The summed E-state index contributed by atoms with van der Waals surface area (Å²) in [6.07, 6.45) is 0.0822. The molecule has 0 aliphatic heterocycles. The first-order valence-corrected chi connectivity index (χ1v) is 10.4. The second-order valence-corrected chi connectivity index (χ2v) is 7.76. The van der Waals surface area contributed by atoms with Gasteiger partial charge in [-0.15, -0.1) is 0 Å². The predicted molar refractivity (Wildman–Crippen MR) is 122 cm³/mol. The first kappa shape index (κ1) is 23.5. The molecule has 1 aromatic heterocycles. The summed E-state index contributed by atoms with van der Waals surface area (Å²) < 4.78 is 23.8. The van der Waals surface area contributed by atoms with Gasteiger partial charge < -0.3 is 18.9 Å². The molecule has 0 unspecified atom stereocenters. The number of nitrogens with zero attached hydrogens (tertiary/aromatic N) is 2. The van der Waals surface area contributed by atoms with Gasteiger partial charge >= 0.3 is 5.97 Å². The molecule has 9 heteroatoms. The van der Waals surface area contributed by atoms with Gasteiger partial charge in [-0.1, -0.05) is 23.2 Å². The number of halogens is 2. The highest BCUT2D eigenvalue weighted by Gasteiger charge is 2.19. The topological polar surface area (TPSA) is 71.8 Å². The van der Waals surface area contributed by atoms with Crippen molar-refractivity contribution in [1.29, 1.82) is 0 Å². The molecule has 3 aromatic rings. The van der Waals surface area contributed by atoms with Crippen LogP contribution >= 0.6 is 23.2 Å². The number of carbonyl (C=O) groups excluding carboxylic acids is 1. The highest BCUT2D eigenvalue weighted by atomic mass is 35.5. The second kappa shape index (κ2) is 10.4. The van der Waals surface area contributed by atoms with Gasteiger partial charge in [-0.05, 0) is 62.4 Å². The number of hydrogen-bond acceptors (Lipinski definition) is 6. The van der Waals surface area contributed by atoms with E-state index in [0.29, 0.717) is 45.9 Å². The van der Waals surface area contributed by atoms with Crippen LogP contribution in [0.3, 0.4) is 0 Å². The minimum atomic E-state index is -0.358. The van der Waals surface area contributed by atoms with Crippen LogP contribution in [0.25, 0.3) is 0 Å². The van der Waals surface area contributed by atoms with Crippen LogP contribution in [0.15, 0.2) is 58.8 Å². The molecule has 0 spiro atoms. The van der Waals surface area contributed by atoms with Crippen molar-refractivity contribution in [3.63, 3.8) is 0 Å². The molecule has 3 rings (SSSR count). The number of aryl methyl sites for hydroxylation is 2. The summed E-state index contributed by atoms with van der Waals surface area (Å²) in [5.41, 5.74) is 1.39. The van der Waals surface area contributed by atoms with Crippen molar-refractivity contribution in [2.75, 3.05) is 7.11 Å². The summed E-state index contributed by atoms with van der Waals surface area (Å²) in [4.78, 5) is 11.7. The van der Waals surface area contributed by atoms with Crippen LogP contribution in [-0.2, 0) is 23.0 Å². The van der Waals surface area contributed by atoms with E-state index >= 15 is 0 Å². The second-order valence-electron chi connectivity index (χ2n) is 6.81. The molecule has 0 radical (unpaired) electrons. The first-order valence-electron chi connectivity index (χ1n) is 9.61. The van der Waals surface area contributed by atoms with Crippen molar-refractivity contribution in [3.8, 4) is 28.9 Å². The van der Waals surface area contributed by atoms with E-state index in [2.05, 4.69) is 5.10 Å². The van der Waals surface area contributed by atoms with Crippen molar-refractivity contribution in [3.05, 3.63) is 70.0 Å². The largest absolute Gasteiger partial charge is 0.469 e. The van der Waals surface area contributed by atoms with Crippen LogP contribution in [0.2, 0.25) is 0 Å². The lowest BCUT2D eigenvalue weighted by molar-refractivity contribution is -0.139. The molecular formula is C23H22Cl2N2O5. The van der Waals surface area contributed by atoms with Crippen LogP contribution in [0.4, 0.5) is 0 Å². The highest BCUT2D eigenvalue weighted by Crippen LogP contribution is 2.31. The van der Waals surface area contributed by atoms with E-state index in [1.165, 1.54) is 7.11 Å². The normalized spacial score (nSPS) is 10.4.